The summed E-state index contributed by atoms with van der Waals surface area (Å²) in [4.78, 5) is 0. The number of nitrogens with one attached hydrogen (secondary N) is 1. The molecule has 0 atom stereocenters. The molecule has 18 heavy (non-hydrogen) atoms. The van der Waals surface area contributed by atoms with Crippen LogP contribution in [0.1, 0.15) is 17.5 Å². The van der Waals surface area contributed by atoms with Gasteiger partial charge in [0.1, 0.15) is 5.60 Å². The minimum absolute atomic E-state index is 0.298. The first-order chi connectivity index (χ1) is 8.92. The van der Waals surface area contributed by atoms with Crippen molar-refractivity contribution in [2.75, 3.05) is 13.3 Å². The summed E-state index contributed by atoms with van der Waals surface area (Å²) in [6.45, 7) is 1.58. The monoisotopic (exact) mass is 239 g/mol. The van der Waals surface area contributed by atoms with Crippen LogP contribution in [0.25, 0.3) is 0 Å². The minimum Gasteiger partial charge on any atom is -0.350 e. The third-order valence-corrected chi connectivity index (χ3v) is 3.55. The van der Waals surface area contributed by atoms with E-state index in [9.17, 15) is 0 Å². The fourth-order valence-corrected chi connectivity index (χ4v) is 2.62. The quantitative estimate of drug-likeness (QED) is 0.870. The summed E-state index contributed by atoms with van der Waals surface area (Å²) in [7, 11) is 0. The van der Waals surface area contributed by atoms with Gasteiger partial charge in [-0.1, -0.05) is 60.7 Å². The first kappa shape index (κ1) is 11.5. The highest BCUT2D eigenvalue weighted by Gasteiger charge is 2.36. The van der Waals surface area contributed by atoms with Crippen LogP contribution in [0.3, 0.4) is 0 Å². The second-order valence-electron chi connectivity index (χ2n) is 4.60. The normalized spacial score (nSPS) is 18.4. The molecule has 1 aliphatic heterocycles. The Morgan fingerprint density at radius 1 is 0.833 bits per heavy atom. The van der Waals surface area contributed by atoms with Crippen molar-refractivity contribution in [1.82, 2.24) is 5.32 Å². The van der Waals surface area contributed by atoms with Gasteiger partial charge in [0.2, 0.25) is 0 Å². The zero-order valence-electron chi connectivity index (χ0n) is 10.3. The van der Waals surface area contributed by atoms with E-state index < -0.39 is 0 Å². The third kappa shape index (κ3) is 1.94. The molecule has 3 rings (SSSR count). The zero-order chi connectivity index (χ0) is 12.3. The maximum atomic E-state index is 6.13. The summed E-state index contributed by atoms with van der Waals surface area (Å²) in [6, 6.07) is 21.0. The molecular formula is C16H17NO. The number of benzene rings is 2. The minimum atomic E-state index is -0.298. The molecule has 0 aromatic heterocycles. The Morgan fingerprint density at radius 3 is 1.83 bits per heavy atom. The van der Waals surface area contributed by atoms with Crippen LogP contribution in [0.15, 0.2) is 60.7 Å². The summed E-state index contributed by atoms with van der Waals surface area (Å²) in [6.07, 6.45) is 0.959. The summed E-state index contributed by atoms with van der Waals surface area (Å²) in [5.74, 6) is 0. The molecule has 0 aliphatic carbocycles. The van der Waals surface area contributed by atoms with Crippen molar-refractivity contribution in [2.45, 2.75) is 12.0 Å². The first-order valence-corrected chi connectivity index (χ1v) is 6.37. The van der Waals surface area contributed by atoms with Crippen molar-refractivity contribution in [2.24, 2.45) is 0 Å². The SMILES string of the molecule is c1ccc(C2(c3ccccc3)CCNCO2)cc1. The Labute approximate surface area is 108 Å². The second-order valence-corrected chi connectivity index (χ2v) is 4.60. The molecule has 1 saturated heterocycles. The van der Waals surface area contributed by atoms with Gasteiger partial charge in [-0.15, -0.1) is 0 Å². The van der Waals surface area contributed by atoms with Gasteiger partial charge in [-0.25, -0.2) is 0 Å². The van der Waals surface area contributed by atoms with Crippen LogP contribution in [0.4, 0.5) is 0 Å². The van der Waals surface area contributed by atoms with E-state index in [-0.39, 0.29) is 5.60 Å². The van der Waals surface area contributed by atoms with Gasteiger partial charge in [-0.05, 0) is 17.5 Å². The molecule has 2 nitrogen and oxygen atoms in total. The number of rotatable bonds is 2. The predicted molar refractivity (Wildman–Crippen MR) is 72.2 cm³/mol. The van der Waals surface area contributed by atoms with Gasteiger partial charge in [-0.3, -0.25) is 5.32 Å². The average Bonchev–Trinajstić information content (AvgIpc) is 2.50. The van der Waals surface area contributed by atoms with Gasteiger partial charge in [0.25, 0.3) is 0 Å². The topological polar surface area (TPSA) is 21.3 Å². The van der Waals surface area contributed by atoms with Crippen LogP contribution >= 0.6 is 0 Å². The molecular weight excluding hydrogens is 222 g/mol. The lowest BCUT2D eigenvalue weighted by Gasteiger charge is -2.38. The summed E-state index contributed by atoms with van der Waals surface area (Å²) < 4.78 is 6.13. The van der Waals surface area contributed by atoms with E-state index >= 15 is 0 Å². The zero-order valence-corrected chi connectivity index (χ0v) is 10.3. The van der Waals surface area contributed by atoms with Crippen molar-refractivity contribution < 1.29 is 4.74 Å². The molecule has 2 aromatic rings. The third-order valence-electron chi connectivity index (χ3n) is 3.55. The van der Waals surface area contributed by atoms with Gasteiger partial charge >= 0.3 is 0 Å². The number of ether oxygens (including phenoxy) is 1. The van der Waals surface area contributed by atoms with Crippen LogP contribution in [-0.4, -0.2) is 13.3 Å². The van der Waals surface area contributed by atoms with Gasteiger partial charge in [0, 0.05) is 6.54 Å². The lowest BCUT2D eigenvalue weighted by Crippen LogP contribution is -2.43. The van der Waals surface area contributed by atoms with Crippen molar-refractivity contribution in [3.8, 4) is 0 Å². The summed E-state index contributed by atoms with van der Waals surface area (Å²) in [5.41, 5.74) is 2.17. The second kappa shape index (κ2) is 4.92. The van der Waals surface area contributed by atoms with Crippen LogP contribution in [0.5, 0.6) is 0 Å². The molecule has 0 saturated carbocycles. The van der Waals surface area contributed by atoms with Crippen LogP contribution in [-0.2, 0) is 10.3 Å². The summed E-state index contributed by atoms with van der Waals surface area (Å²) >= 11 is 0. The molecule has 2 heteroatoms. The molecule has 0 unspecified atom stereocenters. The molecule has 0 amide bonds. The van der Waals surface area contributed by atoms with Crippen molar-refractivity contribution in [3.05, 3.63) is 71.8 Å². The highest BCUT2D eigenvalue weighted by Crippen LogP contribution is 2.37. The van der Waals surface area contributed by atoms with Gasteiger partial charge in [0.15, 0.2) is 0 Å². The molecule has 1 N–H and O–H groups in total. The maximum absolute atomic E-state index is 6.13. The Balaban J connectivity index is 2.10. The Bertz CT molecular complexity index is 448. The van der Waals surface area contributed by atoms with E-state index in [4.69, 9.17) is 4.74 Å². The molecule has 2 aromatic carbocycles. The van der Waals surface area contributed by atoms with E-state index in [2.05, 4.69) is 53.8 Å². The Hall–Kier alpha value is -1.64. The maximum Gasteiger partial charge on any atom is 0.121 e. The molecule has 1 aliphatic rings. The van der Waals surface area contributed by atoms with E-state index in [1.165, 1.54) is 11.1 Å². The lowest BCUT2D eigenvalue weighted by molar-refractivity contribution is -0.0599. The largest absolute Gasteiger partial charge is 0.350 e. The van der Waals surface area contributed by atoms with Crippen molar-refractivity contribution >= 4 is 0 Å². The molecule has 1 fully saturated rings. The molecule has 0 radical (unpaired) electrons. The van der Waals surface area contributed by atoms with Crippen molar-refractivity contribution in [3.63, 3.8) is 0 Å². The highest BCUT2D eigenvalue weighted by molar-refractivity contribution is 5.36. The lowest BCUT2D eigenvalue weighted by atomic mass is 9.82. The standard InChI is InChI=1S/C16H17NO/c1-3-7-14(8-4-1)16(11-12-17-13-18-16)15-9-5-2-6-10-15/h1-10,17H,11-13H2. The van der Waals surface area contributed by atoms with Crippen LogP contribution in [0.2, 0.25) is 0 Å². The van der Waals surface area contributed by atoms with E-state index in [0.29, 0.717) is 6.73 Å². The average molecular weight is 239 g/mol. The Morgan fingerprint density at radius 2 is 1.39 bits per heavy atom. The first-order valence-electron chi connectivity index (χ1n) is 6.37. The molecule has 92 valence electrons. The predicted octanol–water partition coefficient (Wildman–Crippen LogP) is 2.90. The fourth-order valence-electron chi connectivity index (χ4n) is 2.62. The molecule has 0 bridgehead atoms. The van der Waals surface area contributed by atoms with E-state index in [1.807, 2.05) is 12.1 Å². The van der Waals surface area contributed by atoms with E-state index in [1.54, 1.807) is 0 Å². The Kier molecular flexibility index (Phi) is 3.13. The van der Waals surface area contributed by atoms with Gasteiger partial charge in [0.05, 0.1) is 6.73 Å². The highest BCUT2D eigenvalue weighted by atomic mass is 16.5. The van der Waals surface area contributed by atoms with Gasteiger partial charge in [-0.2, -0.15) is 0 Å². The van der Waals surface area contributed by atoms with Crippen molar-refractivity contribution in [1.29, 1.82) is 0 Å². The van der Waals surface area contributed by atoms with Crippen LogP contribution < -0.4 is 5.32 Å². The fraction of sp³-hybridized carbons (Fsp3) is 0.250. The smallest absolute Gasteiger partial charge is 0.121 e. The number of hydrogen-bond acceptors (Lipinski definition) is 2. The summed E-state index contributed by atoms with van der Waals surface area (Å²) in [5, 5.41) is 3.26. The van der Waals surface area contributed by atoms with Gasteiger partial charge < -0.3 is 4.74 Å². The molecule has 1 heterocycles. The van der Waals surface area contributed by atoms with E-state index in [0.717, 1.165) is 13.0 Å². The van der Waals surface area contributed by atoms with Crippen LogP contribution in [0, 0.1) is 0 Å². The molecule has 0 spiro atoms. The number of hydrogen-bond donors (Lipinski definition) is 1.